The molecule has 2 aliphatic heterocycles. The van der Waals surface area contributed by atoms with Gasteiger partial charge in [-0.2, -0.15) is 0 Å². The molecule has 0 aliphatic carbocycles. The van der Waals surface area contributed by atoms with Crippen molar-refractivity contribution in [2.24, 2.45) is 5.73 Å². The van der Waals surface area contributed by atoms with Crippen molar-refractivity contribution in [2.45, 2.75) is 51.2 Å². The van der Waals surface area contributed by atoms with Crippen LogP contribution in [0.25, 0.3) is 0 Å². The lowest BCUT2D eigenvalue weighted by molar-refractivity contribution is 0.0945. The van der Waals surface area contributed by atoms with E-state index >= 15 is 0 Å². The number of ether oxygens (including phenoxy) is 2. The third-order valence-corrected chi connectivity index (χ3v) is 4.49. The van der Waals surface area contributed by atoms with E-state index in [9.17, 15) is 0 Å². The molecule has 4 nitrogen and oxygen atoms in total. The standard InChI is InChI=1S/C17H26N2O2/c1-12(2)19-8-3-5-14(18)17(19)13-6-7-15-16(11-13)21-10-4-9-20-15/h6-7,11-12,14,17H,3-5,8-10,18H2,1-2H3. The molecule has 0 aromatic heterocycles. The molecule has 2 aliphatic rings. The number of nitrogens with zero attached hydrogens (tertiary/aromatic N) is 1. The van der Waals surface area contributed by atoms with Crippen molar-refractivity contribution in [1.29, 1.82) is 0 Å². The SMILES string of the molecule is CC(C)N1CCCC(N)C1c1ccc2c(c1)OCCCO2. The van der Waals surface area contributed by atoms with Gasteiger partial charge in [-0.3, -0.25) is 4.90 Å². The Bertz CT molecular complexity index is 490. The number of benzene rings is 1. The fraction of sp³-hybridized carbons (Fsp3) is 0.647. The summed E-state index contributed by atoms with van der Waals surface area (Å²) < 4.78 is 11.5. The Morgan fingerprint density at radius 1 is 1.14 bits per heavy atom. The van der Waals surface area contributed by atoms with Crippen molar-refractivity contribution in [2.75, 3.05) is 19.8 Å². The highest BCUT2D eigenvalue weighted by atomic mass is 16.5. The Morgan fingerprint density at radius 2 is 1.90 bits per heavy atom. The average molecular weight is 290 g/mol. The maximum Gasteiger partial charge on any atom is 0.161 e. The first-order valence-electron chi connectivity index (χ1n) is 8.07. The molecule has 0 saturated carbocycles. The van der Waals surface area contributed by atoms with Gasteiger partial charge in [-0.15, -0.1) is 0 Å². The first kappa shape index (κ1) is 14.7. The van der Waals surface area contributed by atoms with Crippen LogP contribution < -0.4 is 15.2 Å². The van der Waals surface area contributed by atoms with Crippen LogP contribution in [-0.4, -0.2) is 36.7 Å². The van der Waals surface area contributed by atoms with Gasteiger partial charge in [0.25, 0.3) is 0 Å². The predicted octanol–water partition coefficient (Wildman–Crippen LogP) is 2.72. The summed E-state index contributed by atoms with van der Waals surface area (Å²) in [6.45, 7) is 7.06. The third kappa shape index (κ3) is 3.01. The van der Waals surface area contributed by atoms with Crippen molar-refractivity contribution in [3.05, 3.63) is 23.8 Å². The Labute approximate surface area is 127 Å². The quantitative estimate of drug-likeness (QED) is 0.910. The van der Waals surface area contributed by atoms with E-state index in [4.69, 9.17) is 15.2 Å². The molecule has 0 spiro atoms. The zero-order chi connectivity index (χ0) is 14.8. The Kier molecular flexibility index (Phi) is 4.36. The number of nitrogens with two attached hydrogens (primary N) is 1. The first-order chi connectivity index (χ1) is 10.2. The molecule has 2 heterocycles. The molecule has 116 valence electrons. The number of piperidine rings is 1. The van der Waals surface area contributed by atoms with Crippen molar-refractivity contribution < 1.29 is 9.47 Å². The largest absolute Gasteiger partial charge is 0.490 e. The van der Waals surface area contributed by atoms with Gasteiger partial charge in [0, 0.05) is 18.5 Å². The molecule has 1 aromatic rings. The second kappa shape index (κ2) is 6.24. The molecule has 0 amide bonds. The van der Waals surface area contributed by atoms with Crippen LogP contribution in [0.1, 0.15) is 44.7 Å². The normalized spacial score (nSPS) is 26.7. The van der Waals surface area contributed by atoms with Gasteiger partial charge in [0.15, 0.2) is 11.5 Å². The van der Waals surface area contributed by atoms with Crippen LogP contribution in [0.4, 0.5) is 0 Å². The van der Waals surface area contributed by atoms with Crippen molar-refractivity contribution >= 4 is 0 Å². The minimum Gasteiger partial charge on any atom is -0.490 e. The molecule has 3 rings (SSSR count). The maximum absolute atomic E-state index is 6.43. The summed E-state index contributed by atoms with van der Waals surface area (Å²) in [5, 5.41) is 0. The van der Waals surface area contributed by atoms with E-state index in [-0.39, 0.29) is 12.1 Å². The Morgan fingerprint density at radius 3 is 2.67 bits per heavy atom. The maximum atomic E-state index is 6.43. The minimum atomic E-state index is 0.186. The molecular formula is C17H26N2O2. The third-order valence-electron chi connectivity index (χ3n) is 4.49. The fourth-order valence-corrected chi connectivity index (χ4v) is 3.43. The summed E-state index contributed by atoms with van der Waals surface area (Å²) in [5.41, 5.74) is 7.68. The lowest BCUT2D eigenvalue weighted by Crippen LogP contribution is -2.48. The van der Waals surface area contributed by atoms with E-state index in [0.29, 0.717) is 6.04 Å². The number of hydrogen-bond donors (Lipinski definition) is 1. The number of likely N-dealkylation sites (tertiary alicyclic amines) is 1. The molecule has 4 heteroatoms. The second-order valence-electron chi connectivity index (χ2n) is 6.34. The Balaban J connectivity index is 1.92. The molecule has 1 saturated heterocycles. The number of hydrogen-bond acceptors (Lipinski definition) is 4. The molecule has 0 radical (unpaired) electrons. The highest BCUT2D eigenvalue weighted by molar-refractivity contribution is 5.44. The number of fused-ring (bicyclic) bond motifs is 1. The highest BCUT2D eigenvalue weighted by Crippen LogP contribution is 2.37. The zero-order valence-corrected chi connectivity index (χ0v) is 13.0. The molecule has 21 heavy (non-hydrogen) atoms. The minimum absolute atomic E-state index is 0.186. The van der Waals surface area contributed by atoms with E-state index in [1.165, 1.54) is 12.0 Å². The summed E-state index contributed by atoms with van der Waals surface area (Å²) in [4.78, 5) is 2.51. The lowest BCUT2D eigenvalue weighted by atomic mass is 9.89. The summed E-state index contributed by atoms with van der Waals surface area (Å²) in [6.07, 6.45) is 3.20. The van der Waals surface area contributed by atoms with Crippen LogP contribution in [-0.2, 0) is 0 Å². The molecule has 0 bridgehead atoms. The summed E-state index contributed by atoms with van der Waals surface area (Å²) in [6, 6.07) is 7.28. The molecule has 2 atom stereocenters. The van der Waals surface area contributed by atoms with Crippen molar-refractivity contribution in [1.82, 2.24) is 4.90 Å². The topological polar surface area (TPSA) is 47.7 Å². The van der Waals surface area contributed by atoms with Crippen LogP contribution in [0.15, 0.2) is 18.2 Å². The van der Waals surface area contributed by atoms with Crippen LogP contribution in [0.5, 0.6) is 11.5 Å². The highest BCUT2D eigenvalue weighted by Gasteiger charge is 2.32. The summed E-state index contributed by atoms with van der Waals surface area (Å²) in [7, 11) is 0. The summed E-state index contributed by atoms with van der Waals surface area (Å²) >= 11 is 0. The van der Waals surface area contributed by atoms with Gasteiger partial charge in [0.2, 0.25) is 0 Å². The number of rotatable bonds is 2. The van der Waals surface area contributed by atoms with Gasteiger partial charge in [-0.05, 0) is 50.9 Å². The van der Waals surface area contributed by atoms with Gasteiger partial charge in [-0.25, -0.2) is 0 Å². The lowest BCUT2D eigenvalue weighted by Gasteiger charge is -2.42. The zero-order valence-electron chi connectivity index (χ0n) is 13.0. The second-order valence-corrected chi connectivity index (χ2v) is 6.34. The smallest absolute Gasteiger partial charge is 0.161 e. The van der Waals surface area contributed by atoms with Crippen LogP contribution in [0.2, 0.25) is 0 Å². The molecule has 1 fully saturated rings. The van der Waals surface area contributed by atoms with E-state index < -0.39 is 0 Å². The molecule has 1 aromatic carbocycles. The van der Waals surface area contributed by atoms with Crippen molar-refractivity contribution in [3.63, 3.8) is 0 Å². The fourth-order valence-electron chi connectivity index (χ4n) is 3.43. The van der Waals surface area contributed by atoms with Gasteiger partial charge >= 0.3 is 0 Å². The van der Waals surface area contributed by atoms with Crippen LogP contribution >= 0.6 is 0 Å². The van der Waals surface area contributed by atoms with Crippen molar-refractivity contribution in [3.8, 4) is 11.5 Å². The predicted molar refractivity (Wildman–Crippen MR) is 83.8 cm³/mol. The summed E-state index contributed by atoms with van der Waals surface area (Å²) in [5.74, 6) is 1.73. The molecule has 2 N–H and O–H groups in total. The Hall–Kier alpha value is -1.26. The van der Waals surface area contributed by atoms with E-state index in [2.05, 4.69) is 30.9 Å². The van der Waals surface area contributed by atoms with E-state index in [0.717, 1.165) is 44.1 Å². The first-order valence-corrected chi connectivity index (χ1v) is 8.07. The molecule has 2 unspecified atom stereocenters. The van der Waals surface area contributed by atoms with Crippen LogP contribution in [0.3, 0.4) is 0 Å². The van der Waals surface area contributed by atoms with Gasteiger partial charge < -0.3 is 15.2 Å². The van der Waals surface area contributed by atoms with Gasteiger partial charge in [-0.1, -0.05) is 6.07 Å². The average Bonchev–Trinajstić information content (AvgIpc) is 2.71. The van der Waals surface area contributed by atoms with Gasteiger partial charge in [0.1, 0.15) is 0 Å². The molecular weight excluding hydrogens is 264 g/mol. The van der Waals surface area contributed by atoms with Gasteiger partial charge in [0.05, 0.1) is 19.3 Å². The van der Waals surface area contributed by atoms with E-state index in [1.54, 1.807) is 0 Å². The van der Waals surface area contributed by atoms with E-state index in [1.807, 2.05) is 6.07 Å². The van der Waals surface area contributed by atoms with Crippen LogP contribution in [0, 0.1) is 0 Å². The monoisotopic (exact) mass is 290 g/mol.